The smallest absolute Gasteiger partial charge is 0.414 e. The van der Waals surface area contributed by atoms with Crippen LogP contribution in [0.1, 0.15) is 30.7 Å². The Balaban J connectivity index is 1.69. The number of benzene rings is 1. The van der Waals surface area contributed by atoms with Gasteiger partial charge >= 0.3 is 6.09 Å². The zero-order valence-electron chi connectivity index (χ0n) is 12.4. The molecule has 1 saturated carbocycles. The van der Waals surface area contributed by atoms with E-state index in [-0.39, 0.29) is 18.1 Å². The highest BCUT2D eigenvalue weighted by Crippen LogP contribution is 2.34. The minimum atomic E-state index is -0.655. The van der Waals surface area contributed by atoms with Crippen molar-refractivity contribution >= 4 is 11.8 Å². The van der Waals surface area contributed by atoms with Crippen LogP contribution in [0.4, 0.5) is 10.5 Å². The molecule has 0 aromatic heterocycles. The third-order valence-corrected chi connectivity index (χ3v) is 4.59. The van der Waals surface area contributed by atoms with Gasteiger partial charge in [-0.3, -0.25) is 4.90 Å². The number of aliphatic hydroxyl groups is 2. The SMILES string of the molecule is NC[C@H]1CN(c2ccc(C3CCC(O)[C@@H](O)C3)cc2)C(=O)O1. The fraction of sp³-hybridized carbons (Fsp3) is 0.562. The lowest BCUT2D eigenvalue weighted by molar-refractivity contribution is -0.0149. The Labute approximate surface area is 129 Å². The molecule has 2 unspecified atom stereocenters. The van der Waals surface area contributed by atoms with E-state index in [9.17, 15) is 15.0 Å². The van der Waals surface area contributed by atoms with Crippen LogP contribution in [0, 0.1) is 0 Å². The van der Waals surface area contributed by atoms with Gasteiger partial charge in [-0.25, -0.2) is 4.79 Å². The Morgan fingerprint density at radius 1 is 1.18 bits per heavy atom. The molecule has 0 spiro atoms. The molecule has 6 heteroatoms. The number of hydrogen-bond donors (Lipinski definition) is 3. The lowest BCUT2D eigenvalue weighted by Gasteiger charge is -2.30. The first-order valence-electron chi connectivity index (χ1n) is 7.72. The van der Waals surface area contributed by atoms with Crippen molar-refractivity contribution < 1.29 is 19.7 Å². The maximum Gasteiger partial charge on any atom is 0.414 e. The van der Waals surface area contributed by atoms with Crippen molar-refractivity contribution in [3.8, 4) is 0 Å². The molecule has 0 radical (unpaired) electrons. The summed E-state index contributed by atoms with van der Waals surface area (Å²) < 4.78 is 5.15. The molecule has 2 fully saturated rings. The van der Waals surface area contributed by atoms with Gasteiger partial charge in [0.05, 0.1) is 18.8 Å². The Kier molecular flexibility index (Phi) is 4.33. The Bertz CT molecular complexity index is 533. The van der Waals surface area contributed by atoms with Gasteiger partial charge in [0.1, 0.15) is 6.10 Å². The molecule has 0 bridgehead atoms. The summed E-state index contributed by atoms with van der Waals surface area (Å²) in [5.41, 5.74) is 7.45. The molecule has 1 aromatic carbocycles. The predicted molar refractivity (Wildman–Crippen MR) is 81.7 cm³/mol. The highest BCUT2D eigenvalue weighted by atomic mass is 16.6. The molecule has 4 N–H and O–H groups in total. The van der Waals surface area contributed by atoms with Crippen LogP contribution in [-0.2, 0) is 4.74 Å². The van der Waals surface area contributed by atoms with Crippen molar-refractivity contribution in [2.24, 2.45) is 5.73 Å². The van der Waals surface area contributed by atoms with E-state index in [4.69, 9.17) is 10.5 Å². The first-order chi connectivity index (χ1) is 10.6. The number of carbonyl (C=O) groups is 1. The van der Waals surface area contributed by atoms with E-state index in [1.165, 1.54) is 0 Å². The lowest BCUT2D eigenvalue weighted by atomic mass is 9.81. The third kappa shape index (κ3) is 2.95. The van der Waals surface area contributed by atoms with Crippen molar-refractivity contribution in [3.63, 3.8) is 0 Å². The van der Waals surface area contributed by atoms with E-state index >= 15 is 0 Å². The van der Waals surface area contributed by atoms with Gasteiger partial charge in [-0.1, -0.05) is 12.1 Å². The summed E-state index contributed by atoms with van der Waals surface area (Å²) in [6.07, 6.45) is 0.173. The second kappa shape index (κ2) is 6.24. The van der Waals surface area contributed by atoms with Crippen molar-refractivity contribution in [1.29, 1.82) is 0 Å². The minimum Gasteiger partial charge on any atom is -0.443 e. The molecule has 2 aliphatic rings. The normalized spacial score (nSPS) is 32.1. The molecule has 4 atom stereocenters. The van der Waals surface area contributed by atoms with E-state index in [1.807, 2.05) is 24.3 Å². The Hall–Kier alpha value is -1.63. The Morgan fingerprint density at radius 3 is 2.50 bits per heavy atom. The average Bonchev–Trinajstić information content (AvgIpc) is 2.91. The zero-order valence-corrected chi connectivity index (χ0v) is 12.4. The fourth-order valence-electron chi connectivity index (χ4n) is 3.22. The molecule has 120 valence electrons. The molecular formula is C16H22N2O4. The van der Waals surface area contributed by atoms with Crippen LogP contribution in [0.5, 0.6) is 0 Å². The van der Waals surface area contributed by atoms with E-state index in [1.54, 1.807) is 4.90 Å². The van der Waals surface area contributed by atoms with Crippen LogP contribution in [0.2, 0.25) is 0 Å². The van der Waals surface area contributed by atoms with Gasteiger partial charge in [-0.15, -0.1) is 0 Å². The maximum atomic E-state index is 11.8. The van der Waals surface area contributed by atoms with Gasteiger partial charge in [-0.2, -0.15) is 0 Å². The number of cyclic esters (lactones) is 1. The largest absolute Gasteiger partial charge is 0.443 e. The quantitative estimate of drug-likeness (QED) is 0.773. The van der Waals surface area contributed by atoms with Gasteiger partial charge in [-0.05, 0) is 42.9 Å². The number of carbonyl (C=O) groups excluding carboxylic acids is 1. The van der Waals surface area contributed by atoms with Crippen LogP contribution < -0.4 is 10.6 Å². The monoisotopic (exact) mass is 306 g/mol. The standard InChI is InChI=1S/C16H22N2O4/c17-8-13-9-18(16(21)22-13)12-4-1-10(2-5-12)11-3-6-14(19)15(20)7-11/h1-2,4-5,11,13-15,19-20H,3,6-9,17H2/t11?,13-,14?,15-/m0/s1. The van der Waals surface area contributed by atoms with Gasteiger partial charge in [0.25, 0.3) is 0 Å². The number of hydrogen-bond acceptors (Lipinski definition) is 5. The maximum absolute atomic E-state index is 11.8. The number of anilines is 1. The zero-order chi connectivity index (χ0) is 15.7. The van der Waals surface area contributed by atoms with Crippen LogP contribution in [0.15, 0.2) is 24.3 Å². The van der Waals surface area contributed by atoms with Crippen molar-refractivity contribution in [2.75, 3.05) is 18.0 Å². The number of ether oxygens (including phenoxy) is 1. The van der Waals surface area contributed by atoms with Crippen molar-refractivity contribution in [3.05, 3.63) is 29.8 Å². The summed E-state index contributed by atoms with van der Waals surface area (Å²) >= 11 is 0. The van der Waals surface area contributed by atoms with E-state index in [2.05, 4.69) is 0 Å². The number of amides is 1. The molecule has 1 aromatic rings. The van der Waals surface area contributed by atoms with E-state index in [0.717, 1.165) is 17.7 Å². The summed E-state index contributed by atoms with van der Waals surface area (Å²) in [6.45, 7) is 0.797. The van der Waals surface area contributed by atoms with Crippen LogP contribution in [-0.4, -0.2) is 47.7 Å². The van der Waals surface area contributed by atoms with Gasteiger partial charge < -0.3 is 20.7 Å². The lowest BCUT2D eigenvalue weighted by Crippen LogP contribution is -2.32. The van der Waals surface area contributed by atoms with Gasteiger partial charge in [0.15, 0.2) is 0 Å². The predicted octanol–water partition coefficient (Wildman–Crippen LogP) is 0.960. The number of aliphatic hydroxyl groups excluding tert-OH is 2. The van der Waals surface area contributed by atoms with Crippen molar-refractivity contribution in [2.45, 2.75) is 43.5 Å². The molecular weight excluding hydrogens is 284 g/mol. The molecule has 1 aliphatic carbocycles. The molecule has 3 rings (SSSR count). The van der Waals surface area contributed by atoms with Gasteiger partial charge in [0.2, 0.25) is 0 Å². The summed E-state index contributed by atoms with van der Waals surface area (Å²) in [5.74, 6) is 0.245. The van der Waals surface area contributed by atoms with Crippen LogP contribution in [0.3, 0.4) is 0 Å². The Morgan fingerprint density at radius 2 is 1.91 bits per heavy atom. The summed E-state index contributed by atoms with van der Waals surface area (Å²) in [7, 11) is 0. The summed E-state index contributed by atoms with van der Waals surface area (Å²) in [4.78, 5) is 13.4. The van der Waals surface area contributed by atoms with Gasteiger partial charge in [0, 0.05) is 12.2 Å². The number of nitrogens with zero attached hydrogens (tertiary/aromatic N) is 1. The first kappa shape index (κ1) is 15.3. The van der Waals surface area contributed by atoms with E-state index < -0.39 is 12.2 Å². The average molecular weight is 306 g/mol. The minimum absolute atomic E-state index is 0.245. The first-order valence-corrected chi connectivity index (χ1v) is 7.72. The molecule has 1 saturated heterocycles. The molecule has 1 aliphatic heterocycles. The molecule has 6 nitrogen and oxygen atoms in total. The topological polar surface area (TPSA) is 96.0 Å². The molecule has 22 heavy (non-hydrogen) atoms. The summed E-state index contributed by atoms with van der Waals surface area (Å²) in [5, 5.41) is 19.4. The highest BCUT2D eigenvalue weighted by Gasteiger charge is 2.32. The van der Waals surface area contributed by atoms with Crippen LogP contribution >= 0.6 is 0 Å². The van der Waals surface area contributed by atoms with Crippen molar-refractivity contribution in [1.82, 2.24) is 0 Å². The number of rotatable bonds is 3. The second-order valence-corrected chi connectivity index (χ2v) is 6.09. The third-order valence-electron chi connectivity index (χ3n) is 4.59. The highest BCUT2D eigenvalue weighted by molar-refractivity contribution is 5.89. The second-order valence-electron chi connectivity index (χ2n) is 6.09. The number of nitrogens with two attached hydrogens (primary N) is 1. The molecule has 1 heterocycles. The van der Waals surface area contributed by atoms with Crippen LogP contribution in [0.25, 0.3) is 0 Å². The molecule has 1 amide bonds. The summed E-state index contributed by atoms with van der Waals surface area (Å²) in [6, 6.07) is 7.75. The fourth-order valence-corrected chi connectivity index (χ4v) is 3.22. The van der Waals surface area contributed by atoms with E-state index in [0.29, 0.717) is 25.9 Å².